The first-order valence-corrected chi connectivity index (χ1v) is 4.61. The number of ether oxygens (including phenoxy) is 1. The van der Waals surface area contributed by atoms with E-state index >= 15 is 0 Å². The van der Waals surface area contributed by atoms with Gasteiger partial charge >= 0.3 is 12.1 Å². The number of hydrogen-bond donors (Lipinski definition) is 0. The number of benzene rings is 1. The van der Waals surface area contributed by atoms with Gasteiger partial charge in [-0.3, -0.25) is 4.98 Å². The first-order chi connectivity index (χ1) is 7.98. The molecule has 1 aromatic heterocycles. The molecule has 2 rings (SSSR count). The number of carbonyl (C=O) groups excluding carboxylic acids is 1. The Balaban J connectivity index is 2.40. The minimum absolute atomic E-state index is 0.203. The van der Waals surface area contributed by atoms with Gasteiger partial charge < -0.3 is 4.74 Å². The Morgan fingerprint density at radius 2 is 1.88 bits per heavy atom. The summed E-state index contributed by atoms with van der Waals surface area (Å²) < 4.78 is 40.4. The van der Waals surface area contributed by atoms with Crippen LogP contribution in [-0.4, -0.2) is 17.1 Å². The number of para-hydroxylation sites is 1. The van der Waals surface area contributed by atoms with Crippen LogP contribution in [0.5, 0.6) is 5.75 Å². The minimum Gasteiger partial charge on any atom is -0.418 e. The normalized spacial score (nSPS) is 11.5. The van der Waals surface area contributed by atoms with Crippen molar-refractivity contribution in [2.45, 2.75) is 6.18 Å². The van der Waals surface area contributed by atoms with E-state index in [4.69, 9.17) is 0 Å². The van der Waals surface area contributed by atoms with Crippen molar-refractivity contribution in [2.24, 2.45) is 0 Å². The molecule has 0 radical (unpaired) electrons. The Hall–Kier alpha value is -2.11. The van der Waals surface area contributed by atoms with Crippen molar-refractivity contribution >= 4 is 16.9 Å². The Morgan fingerprint density at radius 1 is 1.18 bits per heavy atom. The first-order valence-electron chi connectivity index (χ1n) is 4.61. The number of rotatable bonds is 1. The molecule has 1 aromatic carbocycles. The van der Waals surface area contributed by atoms with Gasteiger partial charge in [0.2, 0.25) is 0 Å². The third kappa shape index (κ3) is 2.35. The lowest BCUT2D eigenvalue weighted by Gasteiger charge is -2.08. The summed E-state index contributed by atoms with van der Waals surface area (Å²) in [6, 6.07) is 7.71. The van der Waals surface area contributed by atoms with Crippen LogP contribution in [0.15, 0.2) is 36.5 Å². The summed E-state index contributed by atoms with van der Waals surface area (Å²) in [6.45, 7) is 0. The number of hydrogen-bond acceptors (Lipinski definition) is 3. The molecule has 0 unspecified atom stereocenters. The molecule has 0 aliphatic carbocycles. The zero-order valence-corrected chi connectivity index (χ0v) is 8.36. The summed E-state index contributed by atoms with van der Waals surface area (Å²) >= 11 is 0. The van der Waals surface area contributed by atoms with E-state index in [9.17, 15) is 18.0 Å². The highest BCUT2D eigenvalue weighted by molar-refractivity contribution is 5.88. The molecular weight excluding hydrogens is 235 g/mol. The molecule has 17 heavy (non-hydrogen) atoms. The van der Waals surface area contributed by atoms with Gasteiger partial charge in [-0.2, -0.15) is 13.2 Å². The number of fused-ring (bicyclic) bond motifs is 1. The number of aromatic nitrogens is 1. The maximum atomic E-state index is 12.0. The molecule has 3 nitrogen and oxygen atoms in total. The number of esters is 1. The van der Waals surface area contributed by atoms with Crippen LogP contribution in [0.2, 0.25) is 0 Å². The quantitative estimate of drug-likeness (QED) is 0.569. The molecule has 0 amide bonds. The Morgan fingerprint density at radius 3 is 2.59 bits per heavy atom. The van der Waals surface area contributed by atoms with E-state index in [2.05, 4.69) is 9.72 Å². The lowest BCUT2D eigenvalue weighted by molar-refractivity contribution is -0.189. The van der Waals surface area contributed by atoms with E-state index in [-0.39, 0.29) is 11.3 Å². The Kier molecular flexibility index (Phi) is 2.71. The van der Waals surface area contributed by atoms with Gasteiger partial charge in [-0.1, -0.05) is 18.2 Å². The molecule has 0 N–H and O–H groups in total. The largest absolute Gasteiger partial charge is 0.491 e. The third-order valence-corrected chi connectivity index (χ3v) is 2.03. The van der Waals surface area contributed by atoms with Gasteiger partial charge in [0.25, 0.3) is 0 Å². The molecule has 0 fully saturated rings. The van der Waals surface area contributed by atoms with E-state index in [0.29, 0.717) is 5.39 Å². The third-order valence-electron chi connectivity index (χ3n) is 2.03. The van der Waals surface area contributed by atoms with Crippen LogP contribution in [0.4, 0.5) is 13.2 Å². The Labute approximate surface area is 93.8 Å². The smallest absolute Gasteiger partial charge is 0.418 e. The summed E-state index contributed by atoms with van der Waals surface area (Å²) in [5.41, 5.74) is 0.215. The number of nitrogens with zero attached hydrogens (tertiary/aromatic N) is 1. The van der Waals surface area contributed by atoms with Crippen molar-refractivity contribution in [1.82, 2.24) is 4.98 Å². The monoisotopic (exact) mass is 241 g/mol. The maximum absolute atomic E-state index is 12.0. The predicted molar refractivity (Wildman–Crippen MR) is 53.4 cm³/mol. The van der Waals surface area contributed by atoms with E-state index in [1.54, 1.807) is 18.2 Å². The van der Waals surface area contributed by atoms with Crippen LogP contribution in [0.3, 0.4) is 0 Å². The van der Waals surface area contributed by atoms with Gasteiger partial charge in [-0.25, -0.2) is 4.79 Å². The van der Waals surface area contributed by atoms with Crippen molar-refractivity contribution in [3.63, 3.8) is 0 Å². The van der Waals surface area contributed by atoms with Gasteiger partial charge in [0.1, 0.15) is 5.52 Å². The summed E-state index contributed by atoms with van der Waals surface area (Å²) in [5, 5.41) is 0.597. The van der Waals surface area contributed by atoms with Crippen molar-refractivity contribution in [1.29, 1.82) is 0 Å². The fourth-order valence-corrected chi connectivity index (χ4v) is 1.32. The second kappa shape index (κ2) is 4.04. The number of alkyl halides is 3. The van der Waals surface area contributed by atoms with E-state index < -0.39 is 12.1 Å². The van der Waals surface area contributed by atoms with Crippen molar-refractivity contribution in [3.8, 4) is 5.75 Å². The molecule has 0 saturated heterocycles. The number of carbonyl (C=O) groups is 1. The second-order valence-electron chi connectivity index (χ2n) is 3.22. The molecular formula is C11H6F3NO2. The fourth-order valence-electron chi connectivity index (χ4n) is 1.32. The van der Waals surface area contributed by atoms with Crippen LogP contribution in [0, 0.1) is 0 Å². The summed E-state index contributed by atoms with van der Waals surface area (Å²) in [4.78, 5) is 14.6. The van der Waals surface area contributed by atoms with Gasteiger partial charge in [-0.15, -0.1) is 0 Å². The highest BCUT2D eigenvalue weighted by Crippen LogP contribution is 2.25. The molecule has 0 atom stereocenters. The van der Waals surface area contributed by atoms with Crippen LogP contribution in [0.1, 0.15) is 0 Å². The molecule has 1 heterocycles. The van der Waals surface area contributed by atoms with Crippen molar-refractivity contribution in [2.75, 3.05) is 0 Å². The van der Waals surface area contributed by atoms with Gasteiger partial charge in [0.15, 0.2) is 5.75 Å². The summed E-state index contributed by atoms with van der Waals surface area (Å²) in [7, 11) is 0. The standard InChI is InChI=1S/C11H6F3NO2/c12-11(13,14)10(16)17-8-5-1-3-7-4-2-6-15-9(7)8/h1-6H. The molecule has 6 heteroatoms. The van der Waals surface area contributed by atoms with Crippen LogP contribution in [-0.2, 0) is 4.79 Å². The zero-order valence-electron chi connectivity index (χ0n) is 8.36. The van der Waals surface area contributed by atoms with Crippen LogP contribution in [0.25, 0.3) is 10.9 Å². The SMILES string of the molecule is O=C(Oc1cccc2cccnc12)C(F)(F)F. The molecule has 0 aliphatic heterocycles. The molecule has 0 bridgehead atoms. The molecule has 0 saturated carbocycles. The Bertz CT molecular complexity index is 561. The van der Waals surface area contributed by atoms with Crippen molar-refractivity contribution in [3.05, 3.63) is 36.5 Å². The fraction of sp³-hybridized carbons (Fsp3) is 0.0909. The average molecular weight is 241 g/mol. The van der Waals surface area contributed by atoms with E-state index in [1.807, 2.05) is 0 Å². The maximum Gasteiger partial charge on any atom is 0.491 e. The molecule has 88 valence electrons. The average Bonchev–Trinajstić information content (AvgIpc) is 2.28. The highest BCUT2D eigenvalue weighted by Gasteiger charge is 2.41. The van der Waals surface area contributed by atoms with Gasteiger partial charge in [0, 0.05) is 11.6 Å². The van der Waals surface area contributed by atoms with Crippen molar-refractivity contribution < 1.29 is 22.7 Å². The lowest BCUT2D eigenvalue weighted by Crippen LogP contribution is -2.28. The lowest BCUT2D eigenvalue weighted by atomic mass is 10.2. The van der Waals surface area contributed by atoms with Crippen LogP contribution < -0.4 is 4.74 Å². The topological polar surface area (TPSA) is 39.2 Å². The predicted octanol–water partition coefficient (Wildman–Crippen LogP) is 2.70. The zero-order chi connectivity index (χ0) is 12.5. The first kappa shape index (κ1) is 11.4. The highest BCUT2D eigenvalue weighted by atomic mass is 19.4. The van der Waals surface area contributed by atoms with E-state index in [1.165, 1.54) is 18.3 Å². The van der Waals surface area contributed by atoms with E-state index in [0.717, 1.165) is 0 Å². The summed E-state index contributed by atoms with van der Waals surface area (Å²) in [6.07, 6.45) is -3.61. The molecule has 2 aromatic rings. The second-order valence-corrected chi connectivity index (χ2v) is 3.22. The number of pyridine rings is 1. The summed E-state index contributed by atoms with van der Waals surface area (Å²) in [5.74, 6) is -2.46. The molecule has 0 spiro atoms. The minimum atomic E-state index is -5.02. The van der Waals surface area contributed by atoms with Gasteiger partial charge in [-0.05, 0) is 12.1 Å². The number of halogens is 3. The van der Waals surface area contributed by atoms with Crippen LogP contribution >= 0.6 is 0 Å². The van der Waals surface area contributed by atoms with Gasteiger partial charge in [0.05, 0.1) is 0 Å². The molecule has 0 aliphatic rings.